The lowest BCUT2D eigenvalue weighted by molar-refractivity contribution is -0.137. The number of hydrogen-bond acceptors (Lipinski definition) is 5. The second-order valence-electron chi connectivity index (χ2n) is 5.55. The Morgan fingerprint density at radius 2 is 1.96 bits per heavy atom. The number of aromatic nitrogens is 3. The molecule has 0 spiro atoms. The summed E-state index contributed by atoms with van der Waals surface area (Å²) < 4.78 is 38.6. The summed E-state index contributed by atoms with van der Waals surface area (Å²) in [5, 5.41) is 3.74. The first-order valence-corrected chi connectivity index (χ1v) is 7.94. The number of amides is 1. The molecular weight excluding hydrogens is 375 g/mol. The molecule has 1 saturated heterocycles. The van der Waals surface area contributed by atoms with Gasteiger partial charge in [-0.15, -0.1) is 0 Å². The summed E-state index contributed by atoms with van der Waals surface area (Å²) in [4.78, 5) is 31.1. The number of rotatable bonds is 3. The van der Waals surface area contributed by atoms with Gasteiger partial charge in [-0.05, 0) is 19.1 Å². The second-order valence-corrected chi connectivity index (χ2v) is 5.93. The fraction of sp³-hybridized carbons (Fsp3) is 0.333. The van der Waals surface area contributed by atoms with Gasteiger partial charge in [-0.25, -0.2) is 4.98 Å². The standard InChI is InChI=1S/C15H13ClF3N5O2/c1-2-22-8-23(7-12(22)25)10-6-21-24(14(26)13(10)16)11-4-3-9(5-20-11)15(17,18)19/h3-6H,2,7-8H2,1H3. The molecule has 2 aromatic heterocycles. The van der Waals surface area contributed by atoms with Gasteiger partial charge in [0.05, 0.1) is 30.7 Å². The summed E-state index contributed by atoms with van der Waals surface area (Å²) >= 11 is 6.12. The van der Waals surface area contributed by atoms with E-state index in [1.807, 2.05) is 6.92 Å². The highest BCUT2D eigenvalue weighted by molar-refractivity contribution is 6.33. The van der Waals surface area contributed by atoms with Gasteiger partial charge in [-0.3, -0.25) is 9.59 Å². The van der Waals surface area contributed by atoms with Gasteiger partial charge >= 0.3 is 6.18 Å². The summed E-state index contributed by atoms with van der Waals surface area (Å²) in [6.07, 6.45) is -2.63. The van der Waals surface area contributed by atoms with E-state index in [-0.39, 0.29) is 35.6 Å². The molecule has 3 heterocycles. The Morgan fingerprint density at radius 3 is 2.50 bits per heavy atom. The Morgan fingerprint density at radius 1 is 1.23 bits per heavy atom. The molecule has 0 bridgehead atoms. The first kappa shape index (κ1) is 18.2. The molecule has 0 aliphatic carbocycles. The normalized spacial score (nSPS) is 15.0. The molecule has 0 aromatic carbocycles. The summed E-state index contributed by atoms with van der Waals surface area (Å²) in [6.45, 7) is 2.69. The van der Waals surface area contributed by atoms with Crippen molar-refractivity contribution in [3.8, 4) is 5.82 Å². The van der Waals surface area contributed by atoms with Gasteiger partial charge < -0.3 is 9.80 Å². The third kappa shape index (κ3) is 3.24. The minimum Gasteiger partial charge on any atom is -0.342 e. The van der Waals surface area contributed by atoms with Gasteiger partial charge in [0.1, 0.15) is 5.02 Å². The van der Waals surface area contributed by atoms with Gasteiger partial charge in [0.15, 0.2) is 5.82 Å². The Kier molecular flexibility index (Phi) is 4.61. The van der Waals surface area contributed by atoms with Crippen molar-refractivity contribution >= 4 is 23.2 Å². The van der Waals surface area contributed by atoms with Gasteiger partial charge in [0.2, 0.25) is 5.91 Å². The van der Waals surface area contributed by atoms with E-state index in [2.05, 4.69) is 10.1 Å². The quantitative estimate of drug-likeness (QED) is 0.804. The monoisotopic (exact) mass is 387 g/mol. The van der Waals surface area contributed by atoms with E-state index in [1.165, 1.54) is 6.20 Å². The molecule has 0 saturated carbocycles. The zero-order valence-electron chi connectivity index (χ0n) is 13.5. The molecule has 2 aromatic rings. The smallest absolute Gasteiger partial charge is 0.342 e. The highest BCUT2D eigenvalue weighted by atomic mass is 35.5. The van der Waals surface area contributed by atoms with Crippen LogP contribution in [0.25, 0.3) is 5.82 Å². The van der Waals surface area contributed by atoms with Crippen LogP contribution in [-0.4, -0.2) is 45.3 Å². The fourth-order valence-electron chi connectivity index (χ4n) is 2.52. The summed E-state index contributed by atoms with van der Waals surface area (Å²) in [5.41, 5.74) is -1.39. The van der Waals surface area contributed by atoms with Crippen molar-refractivity contribution in [2.75, 3.05) is 24.7 Å². The molecule has 1 aliphatic rings. The SMILES string of the molecule is CCN1CN(c2cnn(-c3ccc(C(F)(F)F)cn3)c(=O)c2Cl)CC1=O. The van der Waals surface area contributed by atoms with Crippen molar-refractivity contribution < 1.29 is 18.0 Å². The van der Waals surface area contributed by atoms with E-state index in [0.29, 0.717) is 12.7 Å². The van der Waals surface area contributed by atoms with Gasteiger partial charge in [0.25, 0.3) is 5.56 Å². The number of halogens is 4. The first-order chi connectivity index (χ1) is 12.2. The predicted octanol–water partition coefficient (Wildman–Crippen LogP) is 1.93. The zero-order valence-corrected chi connectivity index (χ0v) is 14.3. The summed E-state index contributed by atoms with van der Waals surface area (Å²) in [5.74, 6) is -0.193. The molecular formula is C15H13ClF3N5O2. The highest BCUT2D eigenvalue weighted by Crippen LogP contribution is 2.29. The number of likely N-dealkylation sites (N-methyl/N-ethyl adjacent to an activating group) is 1. The maximum atomic E-state index is 12.6. The van der Waals surface area contributed by atoms with Gasteiger partial charge in [0, 0.05) is 12.7 Å². The lowest BCUT2D eigenvalue weighted by Crippen LogP contribution is -2.29. The van der Waals surface area contributed by atoms with E-state index in [9.17, 15) is 22.8 Å². The molecule has 7 nitrogen and oxygen atoms in total. The Hall–Kier alpha value is -2.62. The first-order valence-electron chi connectivity index (χ1n) is 7.56. The van der Waals surface area contributed by atoms with E-state index < -0.39 is 17.3 Å². The summed E-state index contributed by atoms with van der Waals surface area (Å²) in [6, 6.07) is 1.84. The predicted molar refractivity (Wildman–Crippen MR) is 87.2 cm³/mol. The molecule has 0 unspecified atom stereocenters. The minimum atomic E-state index is -4.53. The van der Waals surface area contributed by atoms with Crippen LogP contribution in [0.5, 0.6) is 0 Å². The highest BCUT2D eigenvalue weighted by Gasteiger charge is 2.31. The molecule has 3 rings (SSSR count). The number of carbonyl (C=O) groups is 1. The molecule has 1 aliphatic heterocycles. The number of nitrogens with zero attached hydrogens (tertiary/aromatic N) is 5. The summed E-state index contributed by atoms with van der Waals surface area (Å²) in [7, 11) is 0. The largest absolute Gasteiger partial charge is 0.417 e. The molecule has 138 valence electrons. The maximum Gasteiger partial charge on any atom is 0.417 e. The third-order valence-corrected chi connectivity index (χ3v) is 4.29. The second kappa shape index (κ2) is 6.60. The van der Waals surface area contributed by atoms with Crippen molar-refractivity contribution in [2.45, 2.75) is 13.1 Å². The van der Waals surface area contributed by atoms with E-state index >= 15 is 0 Å². The number of anilines is 1. The van der Waals surface area contributed by atoms with Crippen LogP contribution in [0, 0.1) is 0 Å². The van der Waals surface area contributed by atoms with E-state index in [1.54, 1.807) is 9.80 Å². The van der Waals surface area contributed by atoms with Crippen LogP contribution < -0.4 is 10.5 Å². The van der Waals surface area contributed by atoms with Crippen molar-refractivity contribution in [1.82, 2.24) is 19.7 Å². The molecule has 26 heavy (non-hydrogen) atoms. The van der Waals surface area contributed by atoms with Crippen LogP contribution in [-0.2, 0) is 11.0 Å². The zero-order chi connectivity index (χ0) is 19.1. The van der Waals surface area contributed by atoms with Crippen molar-refractivity contribution in [1.29, 1.82) is 0 Å². The van der Waals surface area contributed by atoms with Crippen molar-refractivity contribution in [2.24, 2.45) is 0 Å². The average molecular weight is 388 g/mol. The van der Waals surface area contributed by atoms with Crippen molar-refractivity contribution in [3.05, 3.63) is 45.5 Å². The molecule has 0 atom stereocenters. The molecule has 1 amide bonds. The van der Waals surface area contributed by atoms with Crippen LogP contribution >= 0.6 is 11.6 Å². The topological polar surface area (TPSA) is 71.3 Å². The van der Waals surface area contributed by atoms with Gasteiger partial charge in [-0.2, -0.15) is 23.0 Å². The van der Waals surface area contributed by atoms with Crippen LogP contribution in [0.3, 0.4) is 0 Å². The van der Waals surface area contributed by atoms with Crippen LogP contribution in [0.2, 0.25) is 5.02 Å². The lowest BCUT2D eigenvalue weighted by Gasteiger charge is -2.19. The number of carbonyl (C=O) groups excluding carboxylic acids is 1. The number of pyridine rings is 1. The Bertz CT molecular complexity index is 898. The van der Waals surface area contributed by atoms with Gasteiger partial charge in [-0.1, -0.05) is 11.6 Å². The number of hydrogen-bond donors (Lipinski definition) is 0. The van der Waals surface area contributed by atoms with Crippen LogP contribution in [0.1, 0.15) is 12.5 Å². The fourth-order valence-corrected chi connectivity index (χ4v) is 2.77. The van der Waals surface area contributed by atoms with Crippen LogP contribution in [0.4, 0.5) is 18.9 Å². The average Bonchev–Trinajstić information content (AvgIpc) is 2.97. The van der Waals surface area contributed by atoms with Crippen LogP contribution in [0.15, 0.2) is 29.3 Å². The maximum absolute atomic E-state index is 12.6. The lowest BCUT2D eigenvalue weighted by atomic mass is 10.3. The Balaban J connectivity index is 1.93. The van der Waals surface area contributed by atoms with Crippen molar-refractivity contribution in [3.63, 3.8) is 0 Å². The number of alkyl halides is 3. The molecule has 0 radical (unpaired) electrons. The van der Waals surface area contributed by atoms with E-state index in [4.69, 9.17) is 11.6 Å². The third-order valence-electron chi connectivity index (χ3n) is 3.94. The van der Waals surface area contributed by atoms with E-state index in [0.717, 1.165) is 16.8 Å². The molecule has 0 N–H and O–H groups in total. The molecule has 1 fully saturated rings. The minimum absolute atomic E-state index is 0.0667. The Labute approximate surface area is 150 Å². The molecule has 11 heteroatoms.